The van der Waals surface area contributed by atoms with Gasteiger partial charge in [-0.1, -0.05) is 23.9 Å². The fourth-order valence-electron chi connectivity index (χ4n) is 2.04. The van der Waals surface area contributed by atoms with Crippen LogP contribution >= 0.6 is 11.8 Å². The molecule has 136 valence electrons. The van der Waals surface area contributed by atoms with Crippen molar-refractivity contribution in [1.82, 2.24) is 0 Å². The molecule has 0 N–H and O–H groups in total. The Hall–Kier alpha value is -1.77. The molecule has 0 radical (unpaired) electrons. The maximum Gasteiger partial charge on any atom is 0.393 e. The van der Waals surface area contributed by atoms with Crippen LogP contribution in [0.4, 0.5) is 35.1 Å². The SMILES string of the molecule is Fc1cc(Sc2ccc(CC(F)(F)F)c(F)c2)ccc1CC(F)(F)F. The molecule has 0 aliphatic rings. The van der Waals surface area contributed by atoms with Gasteiger partial charge >= 0.3 is 12.4 Å². The molecule has 0 saturated heterocycles. The van der Waals surface area contributed by atoms with Crippen LogP contribution in [0.2, 0.25) is 0 Å². The van der Waals surface area contributed by atoms with Gasteiger partial charge in [0.15, 0.2) is 0 Å². The van der Waals surface area contributed by atoms with E-state index in [2.05, 4.69) is 0 Å². The summed E-state index contributed by atoms with van der Waals surface area (Å²) in [5.41, 5.74) is -1.05. The Kier molecular flexibility index (Phi) is 5.65. The molecule has 2 aromatic carbocycles. The standard InChI is InChI=1S/C16H10F8S/c17-13-5-11(3-1-9(13)7-15(19,20)21)25-12-4-2-10(14(18)6-12)8-16(22,23)24/h1-6H,7-8H2. The quantitative estimate of drug-likeness (QED) is 0.554. The van der Waals surface area contributed by atoms with Crippen LogP contribution in [0.25, 0.3) is 0 Å². The molecule has 0 unspecified atom stereocenters. The molecule has 0 nitrogen and oxygen atoms in total. The highest BCUT2D eigenvalue weighted by atomic mass is 32.2. The molecule has 0 fully saturated rings. The van der Waals surface area contributed by atoms with E-state index in [0.717, 1.165) is 36.0 Å². The first kappa shape index (κ1) is 19.6. The fourth-order valence-corrected chi connectivity index (χ4v) is 2.91. The molecule has 0 amide bonds. The zero-order valence-electron chi connectivity index (χ0n) is 12.3. The van der Waals surface area contributed by atoms with Gasteiger partial charge in [0, 0.05) is 9.79 Å². The van der Waals surface area contributed by atoms with E-state index in [1.54, 1.807) is 0 Å². The molecule has 0 saturated carbocycles. The number of benzene rings is 2. The van der Waals surface area contributed by atoms with Crippen molar-refractivity contribution in [2.45, 2.75) is 35.0 Å². The Balaban J connectivity index is 2.14. The van der Waals surface area contributed by atoms with Crippen LogP contribution < -0.4 is 0 Å². The molecular weight excluding hydrogens is 376 g/mol. The monoisotopic (exact) mass is 386 g/mol. The minimum atomic E-state index is -4.55. The topological polar surface area (TPSA) is 0 Å². The average Bonchev–Trinajstić information content (AvgIpc) is 2.42. The smallest absolute Gasteiger partial charge is 0.207 e. The summed E-state index contributed by atoms with van der Waals surface area (Å²) in [6.45, 7) is 0. The molecule has 0 aromatic heterocycles. The van der Waals surface area contributed by atoms with Crippen molar-refractivity contribution in [3.05, 3.63) is 59.2 Å². The van der Waals surface area contributed by atoms with Crippen molar-refractivity contribution >= 4 is 11.8 Å². The molecule has 0 spiro atoms. The van der Waals surface area contributed by atoms with Crippen molar-refractivity contribution in [3.8, 4) is 0 Å². The van der Waals surface area contributed by atoms with E-state index in [9.17, 15) is 35.1 Å². The molecule has 9 heteroatoms. The van der Waals surface area contributed by atoms with Gasteiger partial charge in [-0.2, -0.15) is 26.3 Å². The van der Waals surface area contributed by atoms with Crippen LogP contribution in [0, 0.1) is 11.6 Å². The van der Waals surface area contributed by atoms with Gasteiger partial charge in [-0.05, 0) is 35.4 Å². The predicted molar refractivity (Wildman–Crippen MR) is 76.4 cm³/mol. The maximum atomic E-state index is 13.7. The van der Waals surface area contributed by atoms with Gasteiger partial charge in [-0.25, -0.2) is 8.78 Å². The molecule has 0 atom stereocenters. The predicted octanol–water partition coefficient (Wildman–Crippen LogP) is 6.33. The molecule has 25 heavy (non-hydrogen) atoms. The van der Waals surface area contributed by atoms with E-state index in [4.69, 9.17) is 0 Å². The third-order valence-corrected chi connectivity index (χ3v) is 4.05. The van der Waals surface area contributed by atoms with Gasteiger partial charge in [-0.3, -0.25) is 0 Å². The van der Waals surface area contributed by atoms with Crippen molar-refractivity contribution in [3.63, 3.8) is 0 Å². The van der Waals surface area contributed by atoms with Crippen LogP contribution in [-0.2, 0) is 12.8 Å². The molecule has 0 bridgehead atoms. The number of alkyl halides is 6. The normalized spacial score (nSPS) is 12.5. The van der Waals surface area contributed by atoms with E-state index in [1.165, 1.54) is 12.1 Å². The fraction of sp³-hybridized carbons (Fsp3) is 0.250. The summed E-state index contributed by atoms with van der Waals surface area (Å²) >= 11 is 0.827. The van der Waals surface area contributed by atoms with E-state index < -0.39 is 48.0 Å². The van der Waals surface area contributed by atoms with Gasteiger partial charge in [0.2, 0.25) is 0 Å². The van der Waals surface area contributed by atoms with Gasteiger partial charge in [0.1, 0.15) is 11.6 Å². The second-order valence-corrected chi connectivity index (χ2v) is 6.34. The molecule has 2 aromatic rings. The number of hydrogen-bond acceptors (Lipinski definition) is 1. The summed E-state index contributed by atoms with van der Waals surface area (Å²) < 4.78 is 101. The molecule has 0 aliphatic heterocycles. The van der Waals surface area contributed by atoms with Crippen LogP contribution in [0.1, 0.15) is 11.1 Å². The lowest BCUT2D eigenvalue weighted by Gasteiger charge is -2.10. The van der Waals surface area contributed by atoms with Gasteiger partial charge < -0.3 is 0 Å². The second kappa shape index (κ2) is 7.23. The molecule has 0 aliphatic carbocycles. The number of hydrogen-bond donors (Lipinski definition) is 0. The lowest BCUT2D eigenvalue weighted by atomic mass is 10.1. The van der Waals surface area contributed by atoms with Crippen molar-refractivity contribution in [2.24, 2.45) is 0 Å². The van der Waals surface area contributed by atoms with Crippen molar-refractivity contribution in [1.29, 1.82) is 0 Å². The van der Waals surface area contributed by atoms with Crippen molar-refractivity contribution < 1.29 is 35.1 Å². The van der Waals surface area contributed by atoms with Gasteiger partial charge in [-0.15, -0.1) is 0 Å². The first-order valence-electron chi connectivity index (χ1n) is 6.81. The minimum Gasteiger partial charge on any atom is -0.207 e. The average molecular weight is 386 g/mol. The highest BCUT2D eigenvalue weighted by molar-refractivity contribution is 7.99. The Morgan fingerprint density at radius 2 is 1.00 bits per heavy atom. The summed E-state index contributed by atoms with van der Waals surface area (Å²) in [6, 6.07) is 6.15. The van der Waals surface area contributed by atoms with E-state index in [-0.39, 0.29) is 9.79 Å². The first-order chi connectivity index (χ1) is 11.4. The Bertz CT molecular complexity index is 685. The molecular formula is C16H10F8S. The van der Waals surface area contributed by atoms with E-state index >= 15 is 0 Å². The third-order valence-electron chi connectivity index (χ3n) is 3.07. The van der Waals surface area contributed by atoms with E-state index in [1.807, 2.05) is 0 Å². The van der Waals surface area contributed by atoms with Crippen LogP contribution in [0.15, 0.2) is 46.2 Å². The van der Waals surface area contributed by atoms with E-state index in [0.29, 0.717) is 0 Å². The largest absolute Gasteiger partial charge is 0.393 e. The zero-order chi connectivity index (χ0) is 18.8. The molecule has 0 heterocycles. The first-order valence-corrected chi connectivity index (χ1v) is 7.63. The third kappa shape index (κ3) is 6.22. The minimum absolute atomic E-state index is 0.200. The summed E-state index contributed by atoms with van der Waals surface area (Å²) in [5, 5.41) is 0. The van der Waals surface area contributed by atoms with Gasteiger partial charge in [0.05, 0.1) is 12.8 Å². The number of halogens is 8. The van der Waals surface area contributed by atoms with Crippen LogP contribution in [0.3, 0.4) is 0 Å². The van der Waals surface area contributed by atoms with Crippen LogP contribution in [0.5, 0.6) is 0 Å². The maximum absolute atomic E-state index is 13.7. The molecule has 2 rings (SSSR count). The second-order valence-electron chi connectivity index (χ2n) is 5.19. The Morgan fingerprint density at radius 3 is 1.28 bits per heavy atom. The van der Waals surface area contributed by atoms with Crippen LogP contribution in [-0.4, -0.2) is 12.4 Å². The van der Waals surface area contributed by atoms with Gasteiger partial charge in [0.25, 0.3) is 0 Å². The highest BCUT2D eigenvalue weighted by Crippen LogP contribution is 2.32. The zero-order valence-corrected chi connectivity index (χ0v) is 13.1. The summed E-state index contributed by atoms with van der Waals surface area (Å²) in [7, 11) is 0. The Morgan fingerprint density at radius 1 is 0.640 bits per heavy atom. The summed E-state index contributed by atoms with van der Waals surface area (Å²) in [5.74, 6) is -2.12. The number of rotatable bonds is 4. The lowest BCUT2D eigenvalue weighted by molar-refractivity contribution is -0.128. The van der Waals surface area contributed by atoms with Crippen molar-refractivity contribution in [2.75, 3.05) is 0 Å². The summed E-state index contributed by atoms with van der Waals surface area (Å²) in [6.07, 6.45) is -11.9. The lowest BCUT2D eigenvalue weighted by Crippen LogP contribution is -2.12. The Labute approximate surface area is 141 Å². The highest BCUT2D eigenvalue weighted by Gasteiger charge is 2.30. The summed E-state index contributed by atoms with van der Waals surface area (Å²) in [4.78, 5) is 0.401.